The highest BCUT2D eigenvalue weighted by Gasteiger charge is 2.21. The van der Waals surface area contributed by atoms with Crippen LogP contribution in [0.15, 0.2) is 63.7 Å². The quantitative estimate of drug-likeness (QED) is 0.547. The first-order valence-corrected chi connectivity index (χ1v) is 10.2. The van der Waals surface area contributed by atoms with E-state index in [0.717, 1.165) is 16.9 Å². The highest BCUT2D eigenvalue weighted by molar-refractivity contribution is 9.10. The molecule has 0 fully saturated rings. The van der Waals surface area contributed by atoms with Crippen LogP contribution in [0.25, 0.3) is 0 Å². The molecule has 2 amide bonds. The molecule has 0 saturated carbocycles. The summed E-state index contributed by atoms with van der Waals surface area (Å²) in [6, 6.07) is 16.2. The van der Waals surface area contributed by atoms with Gasteiger partial charge in [-0.1, -0.05) is 29.8 Å². The van der Waals surface area contributed by atoms with Gasteiger partial charge in [-0.2, -0.15) is 0 Å². The SMILES string of the molecule is COc1ccc(C)cc1CCNC(=O)c1ccccc1N(C)C(=O)c1ccc(Br)o1. The van der Waals surface area contributed by atoms with Crippen LogP contribution in [0, 0.1) is 6.92 Å². The molecular weight excluding hydrogens is 448 g/mol. The Bertz CT molecular complexity index is 1060. The Hall–Kier alpha value is -3.06. The largest absolute Gasteiger partial charge is 0.496 e. The summed E-state index contributed by atoms with van der Waals surface area (Å²) in [6.45, 7) is 2.46. The smallest absolute Gasteiger partial charge is 0.293 e. The van der Waals surface area contributed by atoms with Crippen LogP contribution in [0.4, 0.5) is 5.69 Å². The number of para-hydroxylation sites is 1. The maximum Gasteiger partial charge on any atom is 0.293 e. The van der Waals surface area contributed by atoms with Crippen LogP contribution < -0.4 is 15.0 Å². The van der Waals surface area contributed by atoms with Crippen molar-refractivity contribution in [3.05, 3.63) is 81.7 Å². The van der Waals surface area contributed by atoms with E-state index in [2.05, 4.69) is 21.2 Å². The lowest BCUT2D eigenvalue weighted by molar-refractivity contribution is 0.0954. The van der Waals surface area contributed by atoms with E-state index in [1.807, 2.05) is 25.1 Å². The first kappa shape index (κ1) is 21.6. The number of carbonyl (C=O) groups excluding carboxylic acids is 2. The lowest BCUT2D eigenvalue weighted by Crippen LogP contribution is -2.31. The van der Waals surface area contributed by atoms with E-state index in [9.17, 15) is 9.59 Å². The molecule has 0 unspecified atom stereocenters. The number of benzene rings is 2. The number of nitrogens with one attached hydrogen (secondary N) is 1. The van der Waals surface area contributed by atoms with E-state index in [4.69, 9.17) is 9.15 Å². The third-order valence-electron chi connectivity index (χ3n) is 4.71. The van der Waals surface area contributed by atoms with Gasteiger partial charge in [-0.05, 0) is 65.2 Å². The van der Waals surface area contributed by atoms with Crippen LogP contribution in [-0.2, 0) is 6.42 Å². The van der Waals surface area contributed by atoms with E-state index in [1.54, 1.807) is 50.6 Å². The number of hydrogen-bond donors (Lipinski definition) is 1. The number of nitrogens with zero attached hydrogens (tertiary/aromatic N) is 1. The van der Waals surface area contributed by atoms with Crippen molar-refractivity contribution in [3.63, 3.8) is 0 Å². The number of methoxy groups -OCH3 is 1. The summed E-state index contributed by atoms with van der Waals surface area (Å²) >= 11 is 3.20. The van der Waals surface area contributed by atoms with Gasteiger partial charge in [0.25, 0.3) is 11.8 Å². The number of anilines is 1. The third-order valence-corrected chi connectivity index (χ3v) is 5.14. The molecule has 1 heterocycles. The summed E-state index contributed by atoms with van der Waals surface area (Å²) in [7, 11) is 3.25. The number of aryl methyl sites for hydroxylation is 1. The Labute approximate surface area is 184 Å². The molecule has 0 aliphatic rings. The Morgan fingerprint density at radius 3 is 2.60 bits per heavy atom. The average molecular weight is 471 g/mol. The van der Waals surface area contributed by atoms with Crippen molar-refractivity contribution in [1.82, 2.24) is 5.32 Å². The monoisotopic (exact) mass is 470 g/mol. The molecular formula is C23H23BrN2O4. The fourth-order valence-corrected chi connectivity index (χ4v) is 3.48. The van der Waals surface area contributed by atoms with E-state index in [-0.39, 0.29) is 17.6 Å². The number of carbonyl (C=O) groups is 2. The van der Waals surface area contributed by atoms with Crippen LogP contribution >= 0.6 is 15.9 Å². The second-order valence-corrected chi connectivity index (χ2v) is 7.59. The predicted molar refractivity (Wildman–Crippen MR) is 119 cm³/mol. The second kappa shape index (κ2) is 9.63. The lowest BCUT2D eigenvalue weighted by Gasteiger charge is -2.19. The Balaban J connectivity index is 1.71. The molecule has 156 valence electrons. The van der Waals surface area contributed by atoms with E-state index in [1.165, 1.54) is 4.90 Å². The first-order valence-electron chi connectivity index (χ1n) is 9.45. The molecule has 3 aromatic rings. The van der Waals surface area contributed by atoms with Gasteiger partial charge >= 0.3 is 0 Å². The van der Waals surface area contributed by atoms with E-state index >= 15 is 0 Å². The van der Waals surface area contributed by atoms with Crippen LogP contribution in [-0.4, -0.2) is 32.5 Å². The van der Waals surface area contributed by atoms with E-state index < -0.39 is 0 Å². The third kappa shape index (κ3) is 4.91. The summed E-state index contributed by atoms with van der Waals surface area (Å²) in [5, 5.41) is 2.93. The molecule has 0 aliphatic carbocycles. The molecule has 1 N–H and O–H groups in total. The number of halogens is 1. The standard InChI is InChI=1S/C23H23BrN2O4/c1-15-8-9-19(29-3)16(14-15)12-13-25-22(27)17-6-4-5-7-18(17)26(2)23(28)20-10-11-21(24)30-20/h4-11,14H,12-13H2,1-3H3,(H,25,27). The maximum atomic E-state index is 12.8. The molecule has 7 heteroatoms. The molecule has 0 saturated heterocycles. The molecule has 0 aliphatic heterocycles. The topological polar surface area (TPSA) is 71.8 Å². The van der Waals surface area contributed by atoms with Crippen LogP contribution in [0.1, 0.15) is 32.0 Å². The summed E-state index contributed by atoms with van der Waals surface area (Å²) in [5.41, 5.74) is 3.07. The van der Waals surface area contributed by atoms with Crippen molar-refractivity contribution < 1.29 is 18.7 Å². The van der Waals surface area contributed by atoms with E-state index in [0.29, 0.717) is 28.9 Å². The van der Waals surface area contributed by atoms with Crippen molar-refractivity contribution in [2.24, 2.45) is 0 Å². The van der Waals surface area contributed by atoms with Gasteiger partial charge in [-0.3, -0.25) is 9.59 Å². The van der Waals surface area contributed by atoms with Crippen LogP contribution in [0.3, 0.4) is 0 Å². The Morgan fingerprint density at radius 1 is 1.13 bits per heavy atom. The highest BCUT2D eigenvalue weighted by atomic mass is 79.9. The maximum absolute atomic E-state index is 12.8. The summed E-state index contributed by atoms with van der Waals surface area (Å²) in [5.74, 6) is 0.388. The van der Waals surface area contributed by atoms with Gasteiger partial charge < -0.3 is 19.4 Å². The number of ether oxygens (including phenoxy) is 1. The number of amides is 2. The van der Waals surface area contributed by atoms with Crippen molar-refractivity contribution in [1.29, 1.82) is 0 Å². The Morgan fingerprint density at radius 2 is 1.90 bits per heavy atom. The second-order valence-electron chi connectivity index (χ2n) is 6.81. The average Bonchev–Trinajstić information content (AvgIpc) is 3.19. The molecule has 1 aromatic heterocycles. The molecule has 3 rings (SSSR count). The van der Waals surface area contributed by atoms with Crippen molar-refractivity contribution in [2.75, 3.05) is 25.6 Å². The molecule has 0 atom stereocenters. The van der Waals surface area contributed by atoms with Gasteiger partial charge in [-0.25, -0.2) is 0 Å². The zero-order chi connectivity index (χ0) is 21.7. The van der Waals surface area contributed by atoms with Crippen LogP contribution in [0.5, 0.6) is 5.75 Å². The summed E-state index contributed by atoms with van der Waals surface area (Å²) in [4.78, 5) is 26.9. The van der Waals surface area contributed by atoms with Crippen molar-refractivity contribution in [3.8, 4) is 5.75 Å². The van der Waals surface area contributed by atoms with Crippen molar-refractivity contribution in [2.45, 2.75) is 13.3 Å². The van der Waals surface area contributed by atoms with Gasteiger partial charge in [0, 0.05) is 13.6 Å². The van der Waals surface area contributed by atoms with Crippen LogP contribution in [0.2, 0.25) is 0 Å². The number of rotatable bonds is 7. The van der Waals surface area contributed by atoms with Gasteiger partial charge in [0.2, 0.25) is 0 Å². The zero-order valence-electron chi connectivity index (χ0n) is 17.1. The first-order chi connectivity index (χ1) is 14.4. The molecule has 6 nitrogen and oxygen atoms in total. The fourth-order valence-electron chi connectivity index (χ4n) is 3.17. The minimum absolute atomic E-state index is 0.186. The lowest BCUT2D eigenvalue weighted by atomic mass is 10.1. The predicted octanol–water partition coefficient (Wildman–Crippen LogP) is 4.61. The van der Waals surface area contributed by atoms with Gasteiger partial charge in [-0.15, -0.1) is 0 Å². The summed E-state index contributed by atoms with van der Waals surface area (Å²) < 4.78 is 11.2. The zero-order valence-corrected chi connectivity index (χ0v) is 18.7. The van der Waals surface area contributed by atoms with Gasteiger partial charge in [0.15, 0.2) is 10.4 Å². The molecule has 0 spiro atoms. The van der Waals surface area contributed by atoms with Gasteiger partial charge in [0.1, 0.15) is 5.75 Å². The minimum atomic E-state index is -0.342. The number of hydrogen-bond acceptors (Lipinski definition) is 4. The highest BCUT2D eigenvalue weighted by Crippen LogP contribution is 2.23. The molecule has 2 aromatic carbocycles. The van der Waals surface area contributed by atoms with Crippen molar-refractivity contribution >= 4 is 33.4 Å². The normalized spacial score (nSPS) is 10.5. The Kier molecular flexibility index (Phi) is 6.95. The fraction of sp³-hybridized carbons (Fsp3) is 0.217. The number of furan rings is 1. The minimum Gasteiger partial charge on any atom is -0.496 e. The summed E-state index contributed by atoms with van der Waals surface area (Å²) in [6.07, 6.45) is 0.633. The molecule has 30 heavy (non-hydrogen) atoms. The molecule has 0 bridgehead atoms. The van der Waals surface area contributed by atoms with Gasteiger partial charge in [0.05, 0.1) is 18.4 Å². The molecule has 0 radical (unpaired) electrons.